The van der Waals surface area contributed by atoms with Gasteiger partial charge in [-0.05, 0) is 42.4 Å². The van der Waals surface area contributed by atoms with Crippen LogP contribution in [-0.4, -0.2) is 118 Å². The molecule has 19 nitrogen and oxygen atoms in total. The number of nitro groups is 1. The summed E-state index contributed by atoms with van der Waals surface area (Å²) in [5, 5.41) is 35.4. The molecule has 5 atom stereocenters. The Morgan fingerprint density at radius 3 is 2.02 bits per heavy atom. The van der Waals surface area contributed by atoms with Gasteiger partial charge in [0.05, 0.1) is 17.1 Å². The highest BCUT2D eigenvalue weighted by molar-refractivity contribution is 6.10. The molecule has 1 aromatic rings. The number of nitrogens with zero attached hydrogens (tertiary/aromatic N) is 4. The second kappa shape index (κ2) is 18.7. The fraction of sp³-hybridized carbons (Fsp3) is 0.576. The maximum absolute atomic E-state index is 13.7. The van der Waals surface area contributed by atoms with Crippen molar-refractivity contribution in [1.29, 1.82) is 0 Å². The minimum absolute atomic E-state index is 0.0279. The molecular weight excluding hydrogens is 684 g/mol. The first-order valence-corrected chi connectivity index (χ1v) is 16.6. The summed E-state index contributed by atoms with van der Waals surface area (Å²) in [6.45, 7) is 8.46. The highest BCUT2D eigenvalue weighted by atomic mass is 16.6. The van der Waals surface area contributed by atoms with Gasteiger partial charge >= 0.3 is 11.8 Å². The van der Waals surface area contributed by atoms with Gasteiger partial charge in [-0.3, -0.25) is 43.7 Å². The zero-order chi connectivity index (χ0) is 39.6. The average Bonchev–Trinajstić information content (AvgIpc) is 3.04. The summed E-state index contributed by atoms with van der Waals surface area (Å²) in [4.78, 5) is 116. The van der Waals surface area contributed by atoms with Gasteiger partial charge in [0.1, 0.15) is 29.3 Å². The molecule has 0 aliphatic carbocycles. The van der Waals surface area contributed by atoms with Gasteiger partial charge in [0, 0.05) is 38.6 Å². The molecule has 2 unspecified atom stereocenters. The molecule has 52 heavy (non-hydrogen) atoms. The second-order valence-electron chi connectivity index (χ2n) is 13.4. The van der Waals surface area contributed by atoms with E-state index in [9.17, 15) is 53.6 Å². The Bertz CT molecular complexity index is 1640. The number of nitrogens with one attached hydrogen (secondary N) is 4. The minimum atomic E-state index is -1.55. The molecule has 5 N–H and O–H groups in total. The molecule has 0 saturated heterocycles. The first-order chi connectivity index (χ1) is 24.2. The number of Topliss-reactive ketones (excluding diaryl/α,β-unsaturated/α-hetero) is 1. The van der Waals surface area contributed by atoms with Crippen LogP contribution in [0.2, 0.25) is 0 Å². The smallest absolute Gasteiger partial charge is 0.391 e. The normalized spacial score (nSPS) is 15.3. The molecule has 2 rings (SSSR count). The van der Waals surface area contributed by atoms with E-state index in [1.807, 2.05) is 0 Å². The number of carbonyl (C=O) groups excluding carboxylic acids is 8. The van der Waals surface area contributed by atoms with Gasteiger partial charge in [0.15, 0.2) is 0 Å². The molecule has 284 valence electrons. The van der Waals surface area contributed by atoms with E-state index in [0.29, 0.717) is 4.70 Å². The average molecular weight is 732 g/mol. The van der Waals surface area contributed by atoms with E-state index in [2.05, 4.69) is 26.4 Å². The quantitative estimate of drug-likeness (QED) is 0.0752. The highest BCUT2D eigenvalue weighted by Gasteiger charge is 2.42. The zero-order valence-corrected chi connectivity index (χ0v) is 30.4. The Labute approximate surface area is 300 Å². The van der Waals surface area contributed by atoms with Crippen LogP contribution in [0.25, 0.3) is 0 Å². The fourth-order valence-electron chi connectivity index (χ4n) is 5.25. The monoisotopic (exact) mass is 731 g/mol. The number of amides is 7. The van der Waals surface area contributed by atoms with Crippen molar-refractivity contribution in [2.24, 2.45) is 17.0 Å². The molecule has 1 heterocycles. The maximum atomic E-state index is 13.7. The van der Waals surface area contributed by atoms with E-state index >= 15 is 0 Å². The Morgan fingerprint density at radius 2 is 1.50 bits per heavy atom. The molecule has 0 fully saturated rings. The van der Waals surface area contributed by atoms with Gasteiger partial charge in [-0.1, -0.05) is 33.8 Å². The number of aliphatic hydroxyl groups is 1. The number of hydrogen-bond donors (Lipinski definition) is 5. The summed E-state index contributed by atoms with van der Waals surface area (Å²) in [7, 11) is 2.97. The van der Waals surface area contributed by atoms with Gasteiger partial charge in [-0.15, -0.1) is 0 Å². The standard InChI is InChI=1S/C33H46N8O11/c1-16(2)14-22(36-32(49)28(18(5)42)37-31(48)27(17(3)4)34-19(6)43)29(46)35-21(12-13-25(45)39(7)8)24(44)15-40-33(50)20-10-9-11-23(41(51)52)26(20)30(47)38-40/h9-11,16-18,21-22,27-28,42H,12-15H2,1-8H3,(H3-,34,35,36,37,43,46,48,49)/p+1/t18?,21-,22-,27-,28?/m0/s1. The van der Waals surface area contributed by atoms with Crippen molar-refractivity contribution < 1.29 is 53.1 Å². The third-order valence-electron chi connectivity index (χ3n) is 8.00. The summed E-state index contributed by atoms with van der Waals surface area (Å²) >= 11 is 0. The Hall–Kier alpha value is -5.46. The largest absolute Gasteiger partial charge is 0.445 e. The van der Waals surface area contributed by atoms with Crippen molar-refractivity contribution in [3.05, 3.63) is 39.4 Å². The minimum Gasteiger partial charge on any atom is -0.391 e. The van der Waals surface area contributed by atoms with E-state index in [0.717, 1.165) is 6.07 Å². The topological polar surface area (TPSA) is 267 Å². The number of azo groups is 2. The number of aliphatic hydroxyl groups excluding tert-OH is 1. The predicted molar refractivity (Wildman–Crippen MR) is 182 cm³/mol. The van der Waals surface area contributed by atoms with Crippen molar-refractivity contribution in [1.82, 2.24) is 26.2 Å². The van der Waals surface area contributed by atoms with Crippen molar-refractivity contribution in [3.8, 4) is 0 Å². The summed E-state index contributed by atoms with van der Waals surface area (Å²) in [5.74, 6) is -6.99. The third kappa shape index (κ3) is 11.5. The van der Waals surface area contributed by atoms with Gasteiger partial charge in [-0.2, -0.15) is 0 Å². The number of fused-ring (bicyclic) bond motifs is 1. The van der Waals surface area contributed by atoms with Gasteiger partial charge in [-0.25, -0.2) is 4.79 Å². The van der Waals surface area contributed by atoms with Crippen LogP contribution >= 0.6 is 0 Å². The summed E-state index contributed by atoms with van der Waals surface area (Å²) in [6, 6.07) is -1.94. The number of hydrogen-bond acceptors (Lipinski definition) is 11. The maximum Gasteiger partial charge on any atom is 0.445 e. The zero-order valence-electron chi connectivity index (χ0n) is 30.4. The predicted octanol–water partition coefficient (Wildman–Crippen LogP) is -0.167. The van der Waals surface area contributed by atoms with Gasteiger partial charge in [0.2, 0.25) is 41.9 Å². The van der Waals surface area contributed by atoms with Crippen LogP contribution in [0.4, 0.5) is 5.69 Å². The van der Waals surface area contributed by atoms with E-state index in [4.69, 9.17) is 0 Å². The summed E-state index contributed by atoms with van der Waals surface area (Å²) < 4.78 is 0.526. The molecular formula is C33H47N8O11+. The summed E-state index contributed by atoms with van der Waals surface area (Å²) in [6.07, 6.45) is -1.90. The molecule has 0 saturated carbocycles. The van der Waals surface area contributed by atoms with Crippen LogP contribution in [0.1, 0.15) is 81.5 Å². The van der Waals surface area contributed by atoms with Crippen molar-refractivity contribution in [2.75, 3.05) is 20.6 Å². The van der Waals surface area contributed by atoms with Crippen LogP contribution in [0, 0.1) is 22.0 Å². The highest BCUT2D eigenvalue weighted by Crippen LogP contribution is 2.27. The van der Waals surface area contributed by atoms with Crippen molar-refractivity contribution in [2.45, 2.75) is 91.1 Å². The van der Waals surface area contributed by atoms with E-state index in [-0.39, 0.29) is 36.7 Å². The number of ketones is 1. The number of carbonyl (C=O) groups is 8. The van der Waals surface area contributed by atoms with Crippen LogP contribution in [-0.2, 0) is 28.8 Å². The van der Waals surface area contributed by atoms with Crippen LogP contribution in [0.5, 0.6) is 0 Å². The first kappa shape index (κ1) is 42.7. The number of nitro benzene ring substituents is 1. The van der Waals surface area contributed by atoms with Crippen molar-refractivity contribution in [3.63, 3.8) is 0 Å². The third-order valence-corrected chi connectivity index (χ3v) is 8.00. The second-order valence-corrected chi connectivity index (χ2v) is 13.4. The van der Waals surface area contributed by atoms with Gasteiger partial charge < -0.3 is 31.3 Å². The lowest BCUT2D eigenvalue weighted by Gasteiger charge is -2.28. The molecule has 1 aromatic carbocycles. The van der Waals surface area contributed by atoms with Crippen molar-refractivity contribution >= 4 is 52.8 Å². The molecule has 0 aromatic heterocycles. The molecule has 0 radical (unpaired) electrons. The van der Waals surface area contributed by atoms with E-state index in [1.54, 1.807) is 27.7 Å². The molecule has 1 aliphatic heterocycles. The number of benzene rings is 1. The SMILES string of the molecule is CC(=O)N[C@H](C(=O)NC(C(=O)N[C@@H](CC(C)C)C(=O)N[C@@H](CCC(=O)N(C)C)C(=O)C[N+]1=NC(=O)c2c(cccc2[N+](=O)[O-])C1=O)C(C)O)C(C)C. The van der Waals surface area contributed by atoms with Crippen LogP contribution < -0.4 is 21.3 Å². The van der Waals surface area contributed by atoms with Crippen LogP contribution in [0.3, 0.4) is 0 Å². The Morgan fingerprint density at radius 1 is 0.904 bits per heavy atom. The summed E-state index contributed by atoms with van der Waals surface area (Å²) in [5.41, 5.74) is -1.51. The lowest BCUT2D eigenvalue weighted by atomic mass is 9.99. The molecule has 1 aliphatic rings. The molecule has 0 spiro atoms. The lowest BCUT2D eigenvalue weighted by molar-refractivity contribution is -0.483. The number of rotatable bonds is 18. The van der Waals surface area contributed by atoms with Gasteiger partial charge in [0.25, 0.3) is 5.69 Å². The first-order valence-electron chi connectivity index (χ1n) is 16.6. The van der Waals surface area contributed by atoms with E-state index < -0.39 is 100 Å². The molecule has 0 bridgehead atoms. The van der Waals surface area contributed by atoms with E-state index in [1.165, 1.54) is 45.0 Å². The molecule has 19 heteroatoms. The Kier molecular flexibility index (Phi) is 15.3. The molecule has 7 amide bonds. The Balaban J connectivity index is 2.37. The van der Waals surface area contributed by atoms with Crippen LogP contribution in [0.15, 0.2) is 23.3 Å². The fourth-order valence-corrected chi connectivity index (χ4v) is 5.25. The lowest BCUT2D eigenvalue weighted by Crippen LogP contribution is -2.61.